The van der Waals surface area contributed by atoms with E-state index in [9.17, 15) is 9.59 Å². The minimum atomic E-state index is 0.0701. The molecule has 1 saturated heterocycles. The molecule has 24 heavy (non-hydrogen) atoms. The summed E-state index contributed by atoms with van der Waals surface area (Å²) in [7, 11) is 1.91. The average molecular weight is 326 g/mol. The van der Waals surface area contributed by atoms with E-state index in [2.05, 4.69) is 0 Å². The van der Waals surface area contributed by atoms with Crippen LogP contribution < -0.4 is 4.90 Å². The van der Waals surface area contributed by atoms with Crippen molar-refractivity contribution in [3.05, 3.63) is 35.9 Å². The summed E-state index contributed by atoms with van der Waals surface area (Å²) < 4.78 is 0. The first-order chi connectivity index (χ1) is 11.6. The Hall–Kier alpha value is -2.10. The number of nitrogens with zero attached hydrogens (tertiary/aromatic N) is 2. The summed E-state index contributed by atoms with van der Waals surface area (Å²) >= 11 is 0. The highest BCUT2D eigenvalue weighted by molar-refractivity contribution is 5.95. The zero-order valence-corrected chi connectivity index (χ0v) is 14.4. The van der Waals surface area contributed by atoms with E-state index in [0.29, 0.717) is 12.5 Å². The smallest absolute Gasteiger partial charge is 0.246 e. The summed E-state index contributed by atoms with van der Waals surface area (Å²) in [6.07, 6.45) is 11.1. The van der Waals surface area contributed by atoms with E-state index >= 15 is 0 Å². The summed E-state index contributed by atoms with van der Waals surface area (Å²) in [5, 5.41) is 0. The molecule has 2 amide bonds. The van der Waals surface area contributed by atoms with Crippen molar-refractivity contribution in [3.8, 4) is 0 Å². The van der Waals surface area contributed by atoms with Crippen LogP contribution in [0.5, 0.6) is 0 Å². The Morgan fingerprint density at radius 3 is 2.46 bits per heavy atom. The van der Waals surface area contributed by atoms with Crippen molar-refractivity contribution in [2.45, 2.75) is 51.0 Å². The molecule has 2 fully saturated rings. The Balaban J connectivity index is 1.59. The van der Waals surface area contributed by atoms with Gasteiger partial charge in [0.2, 0.25) is 11.8 Å². The van der Waals surface area contributed by atoms with Crippen LogP contribution in [0.1, 0.15) is 50.5 Å². The zero-order chi connectivity index (χ0) is 16.9. The molecule has 0 aromatic heterocycles. The van der Waals surface area contributed by atoms with Crippen LogP contribution in [0.25, 0.3) is 6.08 Å². The molecule has 1 aromatic rings. The summed E-state index contributed by atoms with van der Waals surface area (Å²) in [5.41, 5.74) is 1.93. The SMILES string of the molecule is CN(C(=O)/C=C\c1ccc(N2CCCC2=O)cc1)C1CCCCC1. The van der Waals surface area contributed by atoms with Crippen LogP contribution in [0, 0.1) is 0 Å². The second-order valence-corrected chi connectivity index (χ2v) is 6.81. The maximum atomic E-state index is 12.3. The number of hydrogen-bond acceptors (Lipinski definition) is 2. The summed E-state index contributed by atoms with van der Waals surface area (Å²) in [4.78, 5) is 27.8. The number of amides is 2. The summed E-state index contributed by atoms with van der Waals surface area (Å²) in [6, 6.07) is 8.23. The van der Waals surface area contributed by atoms with Gasteiger partial charge in [0.1, 0.15) is 0 Å². The van der Waals surface area contributed by atoms with Gasteiger partial charge >= 0.3 is 0 Å². The molecule has 0 atom stereocenters. The molecular weight excluding hydrogens is 300 g/mol. The lowest BCUT2D eigenvalue weighted by Crippen LogP contribution is -2.37. The number of carbonyl (C=O) groups excluding carboxylic acids is 2. The Bertz CT molecular complexity index is 615. The van der Waals surface area contributed by atoms with E-state index in [-0.39, 0.29) is 11.8 Å². The molecule has 0 N–H and O–H groups in total. The molecule has 4 nitrogen and oxygen atoms in total. The number of rotatable bonds is 4. The Morgan fingerprint density at radius 2 is 1.83 bits per heavy atom. The van der Waals surface area contributed by atoms with Crippen molar-refractivity contribution in [2.24, 2.45) is 0 Å². The van der Waals surface area contributed by atoms with E-state index in [1.54, 1.807) is 6.08 Å². The van der Waals surface area contributed by atoms with E-state index in [0.717, 1.165) is 37.1 Å². The fraction of sp³-hybridized carbons (Fsp3) is 0.500. The largest absolute Gasteiger partial charge is 0.339 e. The maximum absolute atomic E-state index is 12.3. The van der Waals surface area contributed by atoms with Gasteiger partial charge in [0.15, 0.2) is 0 Å². The molecule has 0 bridgehead atoms. The standard InChI is InChI=1S/C20H26N2O2/c1-21(17-6-3-2-4-7-17)19(23)14-11-16-9-12-18(13-10-16)22-15-5-8-20(22)24/h9-14,17H,2-8,15H2,1H3/b14-11-. The van der Waals surface area contributed by atoms with Gasteiger partial charge in [-0.3, -0.25) is 9.59 Å². The number of carbonyl (C=O) groups is 2. The first-order valence-electron chi connectivity index (χ1n) is 9.00. The normalized spacial score (nSPS) is 19.2. The van der Waals surface area contributed by atoms with Crippen molar-refractivity contribution in [3.63, 3.8) is 0 Å². The van der Waals surface area contributed by atoms with Crippen LogP contribution in [0.15, 0.2) is 30.3 Å². The number of likely N-dealkylation sites (N-methyl/N-ethyl adjacent to an activating group) is 1. The zero-order valence-electron chi connectivity index (χ0n) is 14.4. The molecular formula is C20H26N2O2. The molecule has 0 radical (unpaired) electrons. The van der Waals surface area contributed by atoms with E-state index in [4.69, 9.17) is 0 Å². The van der Waals surface area contributed by atoms with Crippen LogP contribution in [0.3, 0.4) is 0 Å². The molecule has 4 heteroatoms. The molecule has 0 unspecified atom stereocenters. The number of benzene rings is 1. The lowest BCUT2D eigenvalue weighted by molar-refractivity contribution is -0.127. The van der Waals surface area contributed by atoms with Gasteiger partial charge in [0, 0.05) is 37.8 Å². The monoisotopic (exact) mass is 326 g/mol. The molecule has 1 aliphatic carbocycles. The highest BCUT2D eigenvalue weighted by atomic mass is 16.2. The fourth-order valence-corrected chi connectivity index (χ4v) is 3.62. The molecule has 1 saturated carbocycles. The topological polar surface area (TPSA) is 40.6 Å². The van der Waals surface area contributed by atoms with Crippen molar-refractivity contribution >= 4 is 23.6 Å². The Labute approximate surface area is 144 Å². The molecule has 2 aliphatic rings. The van der Waals surface area contributed by atoms with Gasteiger partial charge in [-0.1, -0.05) is 31.4 Å². The van der Waals surface area contributed by atoms with E-state index in [1.165, 1.54) is 19.3 Å². The Kier molecular flexibility index (Phi) is 5.34. The van der Waals surface area contributed by atoms with Gasteiger partial charge in [0.05, 0.1) is 0 Å². The molecule has 1 aliphatic heterocycles. The second kappa shape index (κ2) is 7.65. The molecule has 3 rings (SSSR count). The molecule has 1 heterocycles. The molecule has 1 aromatic carbocycles. The number of hydrogen-bond donors (Lipinski definition) is 0. The lowest BCUT2D eigenvalue weighted by atomic mass is 9.94. The quantitative estimate of drug-likeness (QED) is 0.793. The second-order valence-electron chi connectivity index (χ2n) is 6.81. The van der Waals surface area contributed by atoms with Crippen molar-refractivity contribution in [1.82, 2.24) is 4.90 Å². The van der Waals surface area contributed by atoms with Gasteiger partial charge in [-0.25, -0.2) is 0 Å². The fourth-order valence-electron chi connectivity index (χ4n) is 3.62. The van der Waals surface area contributed by atoms with Crippen LogP contribution in [-0.4, -0.2) is 36.3 Å². The van der Waals surface area contributed by atoms with Crippen molar-refractivity contribution < 1.29 is 9.59 Å². The predicted octanol–water partition coefficient (Wildman–Crippen LogP) is 3.62. The predicted molar refractivity (Wildman–Crippen MR) is 96.7 cm³/mol. The minimum absolute atomic E-state index is 0.0701. The molecule has 0 spiro atoms. The maximum Gasteiger partial charge on any atom is 0.246 e. The minimum Gasteiger partial charge on any atom is -0.339 e. The summed E-state index contributed by atoms with van der Waals surface area (Å²) in [6.45, 7) is 0.804. The van der Waals surface area contributed by atoms with Gasteiger partial charge in [-0.05, 0) is 43.0 Å². The number of anilines is 1. The van der Waals surface area contributed by atoms with E-state index < -0.39 is 0 Å². The highest BCUT2D eigenvalue weighted by Gasteiger charge is 2.22. The van der Waals surface area contributed by atoms with Crippen LogP contribution in [-0.2, 0) is 9.59 Å². The van der Waals surface area contributed by atoms with Crippen LogP contribution in [0.2, 0.25) is 0 Å². The Morgan fingerprint density at radius 1 is 1.12 bits per heavy atom. The summed E-state index contributed by atoms with van der Waals surface area (Å²) in [5.74, 6) is 0.267. The highest BCUT2D eigenvalue weighted by Crippen LogP contribution is 2.23. The van der Waals surface area contributed by atoms with Gasteiger partial charge < -0.3 is 9.80 Å². The van der Waals surface area contributed by atoms with Crippen LogP contribution >= 0.6 is 0 Å². The third kappa shape index (κ3) is 3.86. The van der Waals surface area contributed by atoms with Crippen molar-refractivity contribution in [1.29, 1.82) is 0 Å². The van der Waals surface area contributed by atoms with Crippen molar-refractivity contribution in [2.75, 3.05) is 18.5 Å². The van der Waals surface area contributed by atoms with Gasteiger partial charge in [0.25, 0.3) is 0 Å². The third-order valence-corrected chi connectivity index (χ3v) is 5.17. The first-order valence-corrected chi connectivity index (χ1v) is 9.00. The van der Waals surface area contributed by atoms with E-state index in [1.807, 2.05) is 47.2 Å². The van der Waals surface area contributed by atoms with Gasteiger partial charge in [-0.2, -0.15) is 0 Å². The van der Waals surface area contributed by atoms with Gasteiger partial charge in [-0.15, -0.1) is 0 Å². The lowest BCUT2D eigenvalue weighted by Gasteiger charge is -2.30. The first kappa shape index (κ1) is 16.7. The van der Waals surface area contributed by atoms with Crippen LogP contribution in [0.4, 0.5) is 5.69 Å². The molecule has 128 valence electrons. The third-order valence-electron chi connectivity index (χ3n) is 5.17. The average Bonchev–Trinajstić information content (AvgIpc) is 3.06.